The van der Waals surface area contributed by atoms with Crippen LogP contribution in [-0.4, -0.2) is 37.2 Å². The SMILES string of the molecule is CC1CN(Cc2ccccc2CCN)CCO1. The number of nitrogens with zero attached hydrogens (tertiary/aromatic N) is 1. The first-order valence-electron chi connectivity index (χ1n) is 6.40. The maximum absolute atomic E-state index is 5.65. The third-order valence-corrected chi connectivity index (χ3v) is 3.25. The monoisotopic (exact) mass is 234 g/mol. The van der Waals surface area contributed by atoms with Crippen LogP contribution in [-0.2, 0) is 17.7 Å². The van der Waals surface area contributed by atoms with Gasteiger partial charge in [0.2, 0.25) is 0 Å². The summed E-state index contributed by atoms with van der Waals surface area (Å²) in [7, 11) is 0. The second kappa shape index (κ2) is 6.15. The second-order valence-electron chi connectivity index (χ2n) is 4.72. The molecule has 0 amide bonds. The number of benzene rings is 1. The summed E-state index contributed by atoms with van der Waals surface area (Å²) >= 11 is 0. The van der Waals surface area contributed by atoms with Crippen LogP contribution < -0.4 is 5.73 Å². The highest BCUT2D eigenvalue weighted by atomic mass is 16.5. The van der Waals surface area contributed by atoms with Gasteiger partial charge in [0, 0.05) is 19.6 Å². The summed E-state index contributed by atoms with van der Waals surface area (Å²) in [6, 6.07) is 8.60. The molecule has 3 heteroatoms. The van der Waals surface area contributed by atoms with Crippen molar-refractivity contribution in [2.45, 2.75) is 26.0 Å². The summed E-state index contributed by atoms with van der Waals surface area (Å²) < 4.78 is 5.56. The fraction of sp³-hybridized carbons (Fsp3) is 0.571. The summed E-state index contributed by atoms with van der Waals surface area (Å²) in [4.78, 5) is 2.46. The van der Waals surface area contributed by atoms with Crippen LogP contribution in [0.15, 0.2) is 24.3 Å². The van der Waals surface area contributed by atoms with Gasteiger partial charge in [-0.1, -0.05) is 24.3 Å². The number of hydrogen-bond acceptors (Lipinski definition) is 3. The van der Waals surface area contributed by atoms with Crippen LogP contribution in [0.2, 0.25) is 0 Å². The maximum Gasteiger partial charge on any atom is 0.0674 e. The Bertz CT molecular complexity index is 354. The molecule has 1 unspecified atom stereocenters. The molecule has 2 N–H and O–H groups in total. The van der Waals surface area contributed by atoms with E-state index in [2.05, 4.69) is 36.1 Å². The number of morpholine rings is 1. The summed E-state index contributed by atoms with van der Waals surface area (Å²) in [5.41, 5.74) is 8.44. The highest BCUT2D eigenvalue weighted by Gasteiger charge is 2.17. The van der Waals surface area contributed by atoms with Crippen molar-refractivity contribution in [2.75, 3.05) is 26.2 Å². The third-order valence-electron chi connectivity index (χ3n) is 3.25. The van der Waals surface area contributed by atoms with Crippen molar-refractivity contribution in [3.05, 3.63) is 35.4 Å². The Balaban J connectivity index is 2.01. The Morgan fingerprint density at radius 1 is 1.35 bits per heavy atom. The van der Waals surface area contributed by atoms with E-state index >= 15 is 0 Å². The van der Waals surface area contributed by atoms with Crippen molar-refractivity contribution in [2.24, 2.45) is 5.73 Å². The van der Waals surface area contributed by atoms with Gasteiger partial charge in [0.1, 0.15) is 0 Å². The standard InChI is InChI=1S/C14H22N2O/c1-12-10-16(8-9-17-12)11-14-5-3-2-4-13(14)6-7-15/h2-5,12H,6-11,15H2,1H3. The fourth-order valence-corrected chi connectivity index (χ4v) is 2.39. The van der Waals surface area contributed by atoms with Crippen LogP contribution in [0.4, 0.5) is 0 Å². The van der Waals surface area contributed by atoms with Crippen LogP contribution in [0.3, 0.4) is 0 Å². The lowest BCUT2D eigenvalue weighted by Gasteiger charge is -2.31. The van der Waals surface area contributed by atoms with Crippen LogP contribution in [0.25, 0.3) is 0 Å². The molecule has 0 radical (unpaired) electrons. The highest BCUT2D eigenvalue weighted by molar-refractivity contribution is 5.27. The quantitative estimate of drug-likeness (QED) is 0.856. The molecule has 1 aliphatic heterocycles. The van der Waals surface area contributed by atoms with Crippen LogP contribution in [0.5, 0.6) is 0 Å². The van der Waals surface area contributed by atoms with E-state index in [0.29, 0.717) is 6.10 Å². The Morgan fingerprint density at radius 3 is 2.82 bits per heavy atom. The first kappa shape index (κ1) is 12.6. The third kappa shape index (κ3) is 3.53. The van der Waals surface area contributed by atoms with E-state index < -0.39 is 0 Å². The first-order valence-corrected chi connectivity index (χ1v) is 6.40. The van der Waals surface area contributed by atoms with Crippen molar-refractivity contribution in [3.63, 3.8) is 0 Å². The Labute approximate surface area is 104 Å². The van der Waals surface area contributed by atoms with Gasteiger partial charge in [-0.3, -0.25) is 4.90 Å². The van der Waals surface area contributed by atoms with E-state index in [0.717, 1.165) is 39.2 Å². The van der Waals surface area contributed by atoms with E-state index in [1.165, 1.54) is 11.1 Å². The van der Waals surface area contributed by atoms with Crippen molar-refractivity contribution in [3.8, 4) is 0 Å². The van der Waals surface area contributed by atoms with Gasteiger partial charge in [-0.05, 0) is 31.0 Å². The molecule has 0 bridgehead atoms. The predicted molar refractivity (Wildman–Crippen MR) is 69.9 cm³/mol. The molecule has 0 saturated carbocycles. The number of ether oxygens (including phenoxy) is 1. The summed E-state index contributed by atoms with van der Waals surface area (Å²) in [5, 5.41) is 0. The van der Waals surface area contributed by atoms with Crippen LogP contribution >= 0.6 is 0 Å². The molecule has 1 atom stereocenters. The topological polar surface area (TPSA) is 38.5 Å². The Hall–Kier alpha value is -0.900. The summed E-state index contributed by atoms with van der Waals surface area (Å²) in [5.74, 6) is 0. The minimum atomic E-state index is 0.352. The molecule has 1 aliphatic rings. The van der Waals surface area contributed by atoms with Crippen LogP contribution in [0, 0.1) is 0 Å². The van der Waals surface area contributed by atoms with E-state index in [4.69, 9.17) is 10.5 Å². The normalized spacial score (nSPS) is 21.6. The highest BCUT2D eigenvalue weighted by Crippen LogP contribution is 2.14. The minimum absolute atomic E-state index is 0.352. The van der Waals surface area contributed by atoms with Crippen molar-refractivity contribution >= 4 is 0 Å². The van der Waals surface area contributed by atoms with Gasteiger partial charge in [-0.15, -0.1) is 0 Å². The number of hydrogen-bond donors (Lipinski definition) is 1. The van der Waals surface area contributed by atoms with Gasteiger partial charge in [-0.25, -0.2) is 0 Å². The molecule has 0 spiro atoms. The molecular weight excluding hydrogens is 212 g/mol. The average Bonchev–Trinajstić information content (AvgIpc) is 2.32. The lowest BCUT2D eigenvalue weighted by molar-refractivity contribution is -0.0212. The van der Waals surface area contributed by atoms with Crippen molar-refractivity contribution < 1.29 is 4.74 Å². The molecule has 17 heavy (non-hydrogen) atoms. The number of nitrogens with two attached hydrogens (primary N) is 1. The molecule has 1 aromatic carbocycles. The molecule has 1 aromatic rings. The molecular formula is C14H22N2O. The summed E-state index contributed by atoms with van der Waals surface area (Å²) in [6.45, 7) is 6.77. The smallest absolute Gasteiger partial charge is 0.0674 e. The van der Waals surface area contributed by atoms with Gasteiger partial charge >= 0.3 is 0 Å². The first-order chi connectivity index (χ1) is 8.29. The second-order valence-corrected chi connectivity index (χ2v) is 4.72. The average molecular weight is 234 g/mol. The Kier molecular flexibility index (Phi) is 4.54. The zero-order valence-corrected chi connectivity index (χ0v) is 10.6. The van der Waals surface area contributed by atoms with Crippen molar-refractivity contribution in [1.82, 2.24) is 4.90 Å². The minimum Gasteiger partial charge on any atom is -0.376 e. The van der Waals surface area contributed by atoms with E-state index in [1.54, 1.807) is 0 Å². The van der Waals surface area contributed by atoms with Crippen molar-refractivity contribution in [1.29, 1.82) is 0 Å². The summed E-state index contributed by atoms with van der Waals surface area (Å²) in [6.07, 6.45) is 1.32. The van der Waals surface area contributed by atoms with Gasteiger partial charge in [0.25, 0.3) is 0 Å². The van der Waals surface area contributed by atoms with Gasteiger partial charge in [0.05, 0.1) is 12.7 Å². The lowest BCUT2D eigenvalue weighted by atomic mass is 10.0. The van der Waals surface area contributed by atoms with Gasteiger partial charge < -0.3 is 10.5 Å². The molecule has 0 aromatic heterocycles. The largest absolute Gasteiger partial charge is 0.376 e. The van der Waals surface area contributed by atoms with E-state index in [1.807, 2.05) is 0 Å². The zero-order chi connectivity index (χ0) is 12.1. The predicted octanol–water partition coefficient (Wildman–Crippen LogP) is 1.41. The molecule has 1 heterocycles. The number of rotatable bonds is 4. The van der Waals surface area contributed by atoms with E-state index in [-0.39, 0.29) is 0 Å². The molecule has 2 rings (SSSR count). The molecule has 3 nitrogen and oxygen atoms in total. The molecule has 0 aliphatic carbocycles. The maximum atomic E-state index is 5.65. The zero-order valence-electron chi connectivity index (χ0n) is 10.6. The van der Waals surface area contributed by atoms with Gasteiger partial charge in [-0.2, -0.15) is 0 Å². The lowest BCUT2D eigenvalue weighted by Crippen LogP contribution is -2.40. The van der Waals surface area contributed by atoms with Crippen LogP contribution in [0.1, 0.15) is 18.1 Å². The van der Waals surface area contributed by atoms with Gasteiger partial charge in [0.15, 0.2) is 0 Å². The fourth-order valence-electron chi connectivity index (χ4n) is 2.39. The molecule has 1 fully saturated rings. The molecule has 1 saturated heterocycles. The molecule has 94 valence electrons. The Morgan fingerprint density at radius 2 is 2.12 bits per heavy atom. The van der Waals surface area contributed by atoms with E-state index in [9.17, 15) is 0 Å².